The van der Waals surface area contributed by atoms with Crippen LogP contribution in [0.5, 0.6) is 11.5 Å². The van der Waals surface area contributed by atoms with Crippen LogP contribution in [0.3, 0.4) is 0 Å². The zero-order valence-corrected chi connectivity index (χ0v) is 21.8. The zero-order valence-electron chi connectivity index (χ0n) is 21.8. The van der Waals surface area contributed by atoms with Gasteiger partial charge in [-0.1, -0.05) is 6.58 Å². The third-order valence-electron chi connectivity index (χ3n) is 8.09. The maximum atomic E-state index is 6.78. The van der Waals surface area contributed by atoms with E-state index in [0.717, 1.165) is 72.8 Å². The van der Waals surface area contributed by atoms with E-state index < -0.39 is 0 Å². The van der Waals surface area contributed by atoms with Gasteiger partial charge in [-0.05, 0) is 103 Å². The Labute approximate surface area is 214 Å². The summed E-state index contributed by atoms with van der Waals surface area (Å²) in [5.74, 6) is 2.37. The van der Waals surface area contributed by atoms with E-state index in [0.29, 0.717) is 18.0 Å². The molecule has 2 fully saturated rings. The molecule has 2 aliphatic heterocycles. The second-order valence-corrected chi connectivity index (χ2v) is 10.8. The van der Waals surface area contributed by atoms with E-state index in [1.165, 1.54) is 29.8 Å². The summed E-state index contributed by atoms with van der Waals surface area (Å²) < 4.78 is 8.93. The van der Waals surface area contributed by atoms with Crippen LogP contribution < -0.4 is 15.0 Å². The highest BCUT2D eigenvalue weighted by Crippen LogP contribution is 2.48. The molecule has 1 atom stereocenters. The van der Waals surface area contributed by atoms with E-state index >= 15 is 0 Å². The van der Waals surface area contributed by atoms with Crippen LogP contribution in [-0.4, -0.2) is 33.9 Å². The lowest BCUT2D eigenvalue weighted by molar-refractivity contribution is 0.343. The molecule has 36 heavy (non-hydrogen) atoms. The Morgan fingerprint density at radius 2 is 1.86 bits per heavy atom. The minimum Gasteiger partial charge on any atom is -0.454 e. The number of ether oxygens (including phenoxy) is 1. The van der Waals surface area contributed by atoms with E-state index in [4.69, 9.17) is 9.84 Å². The first-order valence-electron chi connectivity index (χ1n) is 13.5. The molecule has 1 N–H and O–H groups in total. The first-order chi connectivity index (χ1) is 17.5. The second-order valence-electron chi connectivity index (χ2n) is 10.8. The summed E-state index contributed by atoms with van der Waals surface area (Å²) >= 11 is 0. The molecule has 188 valence electrons. The molecule has 0 radical (unpaired) electrons. The number of aromatic nitrogens is 3. The van der Waals surface area contributed by atoms with Crippen molar-refractivity contribution in [2.24, 2.45) is 5.92 Å². The van der Waals surface area contributed by atoms with Gasteiger partial charge >= 0.3 is 0 Å². The summed E-state index contributed by atoms with van der Waals surface area (Å²) in [6.45, 7) is 13.0. The Balaban J connectivity index is 1.45. The molecule has 0 amide bonds. The standard InChI is InChI=1S/C30H37N5O/c1-19-5-12-29(21(3)33-19)36-30-26(24-17-32-34(18-24)25-13-15-31-16-14-25)10-11-28-27(30)9-6-20(2)35(28)22(4)23-7-8-23/h5,10-12,17-18,20,23,25,31H,4,6-9,13-16H2,1-3H3. The highest BCUT2D eigenvalue weighted by Gasteiger charge is 2.35. The van der Waals surface area contributed by atoms with Crippen LogP contribution in [0, 0.1) is 19.8 Å². The summed E-state index contributed by atoms with van der Waals surface area (Å²) in [6, 6.07) is 9.46. The van der Waals surface area contributed by atoms with Crippen molar-refractivity contribution in [1.29, 1.82) is 0 Å². The number of anilines is 1. The summed E-state index contributed by atoms with van der Waals surface area (Å²) in [5, 5.41) is 8.24. The molecule has 1 aliphatic carbocycles. The molecule has 1 saturated heterocycles. The van der Waals surface area contributed by atoms with E-state index in [-0.39, 0.29) is 0 Å². The highest BCUT2D eigenvalue weighted by atomic mass is 16.5. The number of hydrogen-bond acceptors (Lipinski definition) is 5. The van der Waals surface area contributed by atoms with Crippen LogP contribution in [0.15, 0.2) is 48.9 Å². The van der Waals surface area contributed by atoms with Crippen molar-refractivity contribution >= 4 is 5.69 Å². The van der Waals surface area contributed by atoms with Gasteiger partial charge in [0, 0.05) is 46.0 Å². The van der Waals surface area contributed by atoms with Crippen molar-refractivity contribution in [3.8, 4) is 22.6 Å². The van der Waals surface area contributed by atoms with E-state index in [2.05, 4.69) is 51.7 Å². The van der Waals surface area contributed by atoms with E-state index in [1.54, 1.807) is 0 Å². The summed E-state index contributed by atoms with van der Waals surface area (Å²) in [6.07, 6.45) is 11.0. The smallest absolute Gasteiger partial charge is 0.148 e. The molecule has 6 heteroatoms. The summed E-state index contributed by atoms with van der Waals surface area (Å²) in [5.41, 5.74) is 7.88. The SMILES string of the molecule is C=C(C1CC1)N1c2ccc(-c3cnn(C4CCNCC4)c3)c(Oc3ccc(C)nc3C)c2CCC1C. The normalized spacial score (nSPS) is 20.3. The first kappa shape index (κ1) is 23.3. The van der Waals surface area contributed by atoms with E-state index in [1.807, 2.05) is 32.2 Å². The average molecular weight is 484 g/mol. The summed E-state index contributed by atoms with van der Waals surface area (Å²) in [7, 11) is 0. The lowest BCUT2D eigenvalue weighted by Gasteiger charge is -2.39. The number of hydrogen-bond donors (Lipinski definition) is 1. The number of pyridine rings is 1. The quantitative estimate of drug-likeness (QED) is 0.443. The fraction of sp³-hybridized carbons (Fsp3) is 0.467. The maximum absolute atomic E-state index is 6.78. The van der Waals surface area contributed by atoms with Crippen molar-refractivity contribution in [2.45, 2.75) is 71.4 Å². The van der Waals surface area contributed by atoms with Gasteiger partial charge in [0.25, 0.3) is 0 Å². The predicted molar refractivity (Wildman–Crippen MR) is 145 cm³/mol. The fourth-order valence-electron chi connectivity index (χ4n) is 5.84. The van der Waals surface area contributed by atoms with Gasteiger partial charge in [0.2, 0.25) is 0 Å². The zero-order chi connectivity index (χ0) is 24.8. The average Bonchev–Trinajstić information content (AvgIpc) is 3.62. The molecular formula is C30H37N5O. The topological polar surface area (TPSA) is 55.2 Å². The molecule has 1 aromatic carbocycles. The third kappa shape index (κ3) is 4.32. The van der Waals surface area contributed by atoms with Crippen molar-refractivity contribution in [2.75, 3.05) is 18.0 Å². The van der Waals surface area contributed by atoms with Crippen LogP contribution in [0.4, 0.5) is 5.69 Å². The lowest BCUT2D eigenvalue weighted by atomic mass is 9.91. The number of nitrogens with one attached hydrogen (secondary N) is 1. The molecule has 4 heterocycles. The van der Waals surface area contributed by atoms with Gasteiger partial charge in [-0.2, -0.15) is 5.10 Å². The Bertz CT molecular complexity index is 1280. The van der Waals surface area contributed by atoms with Crippen LogP contribution in [0.1, 0.15) is 62.0 Å². The maximum Gasteiger partial charge on any atom is 0.148 e. The van der Waals surface area contributed by atoms with Gasteiger partial charge < -0.3 is 15.0 Å². The third-order valence-corrected chi connectivity index (χ3v) is 8.09. The largest absolute Gasteiger partial charge is 0.454 e. The Hall–Kier alpha value is -3.12. The molecule has 2 aromatic heterocycles. The van der Waals surface area contributed by atoms with E-state index in [9.17, 15) is 0 Å². The molecule has 1 unspecified atom stereocenters. The summed E-state index contributed by atoms with van der Waals surface area (Å²) in [4.78, 5) is 7.14. The minimum atomic E-state index is 0.440. The second kappa shape index (κ2) is 9.40. The first-order valence-corrected chi connectivity index (χ1v) is 13.5. The van der Waals surface area contributed by atoms with Gasteiger partial charge in [-0.25, -0.2) is 0 Å². The van der Waals surface area contributed by atoms with Crippen molar-refractivity contribution in [3.05, 3.63) is 65.9 Å². The van der Waals surface area contributed by atoms with Crippen LogP contribution in [0.25, 0.3) is 11.1 Å². The molecule has 6 rings (SSSR count). The van der Waals surface area contributed by atoms with Crippen molar-refractivity contribution in [1.82, 2.24) is 20.1 Å². The van der Waals surface area contributed by atoms with Crippen molar-refractivity contribution < 1.29 is 4.74 Å². The van der Waals surface area contributed by atoms with Gasteiger partial charge in [0.05, 0.1) is 17.9 Å². The number of rotatable bonds is 6. The number of piperidine rings is 1. The number of fused-ring (bicyclic) bond motifs is 1. The number of nitrogens with zero attached hydrogens (tertiary/aromatic N) is 4. The molecule has 3 aromatic rings. The number of allylic oxidation sites excluding steroid dienone is 1. The minimum absolute atomic E-state index is 0.440. The molecular weight excluding hydrogens is 446 g/mol. The van der Waals surface area contributed by atoms with Crippen LogP contribution >= 0.6 is 0 Å². The lowest BCUT2D eigenvalue weighted by Crippen LogP contribution is -2.37. The molecule has 6 nitrogen and oxygen atoms in total. The molecule has 0 spiro atoms. The Kier molecular flexibility index (Phi) is 6.08. The number of benzene rings is 1. The highest BCUT2D eigenvalue weighted by molar-refractivity contribution is 5.79. The van der Waals surface area contributed by atoms with Gasteiger partial charge in [-0.15, -0.1) is 0 Å². The van der Waals surface area contributed by atoms with Crippen molar-refractivity contribution in [3.63, 3.8) is 0 Å². The predicted octanol–water partition coefficient (Wildman–Crippen LogP) is 6.34. The van der Waals surface area contributed by atoms with Gasteiger partial charge in [0.15, 0.2) is 0 Å². The fourth-order valence-corrected chi connectivity index (χ4v) is 5.84. The van der Waals surface area contributed by atoms with Crippen LogP contribution in [-0.2, 0) is 6.42 Å². The van der Waals surface area contributed by atoms with Crippen LogP contribution in [0.2, 0.25) is 0 Å². The molecule has 1 saturated carbocycles. The molecule has 3 aliphatic rings. The van der Waals surface area contributed by atoms with Gasteiger partial charge in [-0.3, -0.25) is 9.67 Å². The number of aryl methyl sites for hydroxylation is 2. The Morgan fingerprint density at radius 1 is 1.06 bits per heavy atom. The monoisotopic (exact) mass is 483 g/mol. The van der Waals surface area contributed by atoms with Gasteiger partial charge in [0.1, 0.15) is 11.5 Å². The molecule has 0 bridgehead atoms. The Morgan fingerprint density at radius 3 is 2.61 bits per heavy atom.